The molecule has 5 N–H and O–H groups in total. The number of β-lactam (4-membered cyclic amide) rings is 1. The minimum absolute atomic E-state index is 0.00568. The van der Waals surface area contributed by atoms with Gasteiger partial charge in [0, 0.05) is 29.6 Å². The summed E-state index contributed by atoms with van der Waals surface area (Å²) < 4.78 is 15.9. The minimum atomic E-state index is -1.03. The quantitative estimate of drug-likeness (QED) is 0.0333. The molecular weight excluding hydrogens is 651 g/mol. The molecule has 1 saturated heterocycles. The SMILES string of the molecule is C=CCON=C(C(=O)NC1C(=O)N2C(C(=O)OCOC(=O)C(C)(C)C)=C(CSc3nnnn3CCN)CS[C@H]12)c1nsc(N)n1. The molecule has 45 heavy (non-hydrogen) atoms. The second kappa shape index (κ2) is 14.8. The number of amides is 2. The second-order valence-electron chi connectivity index (χ2n) is 10.3. The number of ether oxygens (including phenoxy) is 2. The Bertz CT molecular complexity index is 1520. The molecule has 0 aromatic carbocycles. The summed E-state index contributed by atoms with van der Waals surface area (Å²) in [6, 6.07) is -1.03. The van der Waals surface area contributed by atoms with Gasteiger partial charge in [-0.1, -0.05) is 29.6 Å². The number of nitrogens with zero attached hydrogens (tertiary/aromatic N) is 8. The highest BCUT2D eigenvalue weighted by Gasteiger charge is 2.55. The van der Waals surface area contributed by atoms with Crippen molar-refractivity contribution in [1.82, 2.24) is 39.8 Å². The standard InChI is InChI=1S/C24H31N11O7S3/c1-5-8-42-30-13(16-28-22(26)45-31-16)17(36)27-14-18(37)35-15(20(38)40-11-41-21(39)24(2,3)4)12(9-43-19(14)35)10-44-23-29-32-33-34(23)7-6-25/h5,14,19H,1,6-11,25H2,2-4H3,(H,27,36)(H2,26,28,31)/t14?,19-/m1/s1. The molecule has 0 bridgehead atoms. The molecule has 2 aromatic heterocycles. The van der Waals surface area contributed by atoms with Crippen molar-refractivity contribution in [3.05, 3.63) is 29.7 Å². The van der Waals surface area contributed by atoms with E-state index >= 15 is 0 Å². The maximum atomic E-state index is 13.5. The van der Waals surface area contributed by atoms with E-state index in [1.54, 1.807) is 20.8 Å². The molecule has 1 fully saturated rings. The highest BCUT2D eigenvalue weighted by atomic mass is 32.2. The van der Waals surface area contributed by atoms with Gasteiger partial charge in [-0.15, -0.1) is 16.9 Å². The van der Waals surface area contributed by atoms with Gasteiger partial charge in [-0.05, 0) is 36.8 Å². The Morgan fingerprint density at radius 2 is 2.07 bits per heavy atom. The first kappa shape index (κ1) is 33.8. The fourth-order valence-electron chi connectivity index (χ4n) is 3.80. The second-order valence-corrected chi connectivity index (χ2v) is 13.1. The number of hydrogen-bond acceptors (Lipinski definition) is 18. The summed E-state index contributed by atoms with van der Waals surface area (Å²) in [6.45, 7) is 8.56. The van der Waals surface area contributed by atoms with Crippen molar-refractivity contribution in [3.8, 4) is 0 Å². The van der Waals surface area contributed by atoms with Crippen LogP contribution in [0.3, 0.4) is 0 Å². The Balaban J connectivity index is 1.53. The predicted octanol–water partition coefficient (Wildman–Crippen LogP) is -0.491. The molecule has 2 atom stereocenters. The first-order chi connectivity index (χ1) is 21.5. The number of nitrogens with two attached hydrogens (primary N) is 2. The van der Waals surface area contributed by atoms with Gasteiger partial charge < -0.3 is 31.1 Å². The number of rotatable bonds is 14. The van der Waals surface area contributed by atoms with Crippen molar-refractivity contribution in [2.24, 2.45) is 16.3 Å². The van der Waals surface area contributed by atoms with E-state index in [0.29, 0.717) is 29.6 Å². The van der Waals surface area contributed by atoms with Crippen molar-refractivity contribution >= 4 is 69.7 Å². The summed E-state index contributed by atoms with van der Waals surface area (Å²) in [5.41, 5.74) is 10.7. The summed E-state index contributed by atoms with van der Waals surface area (Å²) in [5, 5.41) is 17.9. The van der Waals surface area contributed by atoms with E-state index in [4.69, 9.17) is 25.8 Å². The van der Waals surface area contributed by atoms with E-state index in [2.05, 4.69) is 41.9 Å². The van der Waals surface area contributed by atoms with Crippen LogP contribution in [0, 0.1) is 5.41 Å². The lowest BCUT2D eigenvalue weighted by Gasteiger charge is -2.49. The highest BCUT2D eigenvalue weighted by molar-refractivity contribution is 8.01. The van der Waals surface area contributed by atoms with Crippen LogP contribution in [0.4, 0.5) is 5.13 Å². The Morgan fingerprint density at radius 3 is 2.73 bits per heavy atom. The van der Waals surface area contributed by atoms with Crippen molar-refractivity contribution < 1.29 is 33.5 Å². The molecule has 1 unspecified atom stereocenters. The third-order valence-corrected chi connectivity index (χ3v) is 8.88. The molecule has 242 valence electrons. The zero-order chi connectivity index (χ0) is 32.7. The number of esters is 2. The van der Waals surface area contributed by atoms with Gasteiger partial charge in [0.05, 0.1) is 12.0 Å². The average molecular weight is 682 g/mol. The van der Waals surface area contributed by atoms with Crippen LogP contribution < -0.4 is 16.8 Å². The summed E-state index contributed by atoms with van der Waals surface area (Å²) in [7, 11) is 0. The molecule has 21 heteroatoms. The van der Waals surface area contributed by atoms with Gasteiger partial charge in [-0.2, -0.15) is 9.36 Å². The van der Waals surface area contributed by atoms with E-state index in [1.165, 1.54) is 39.2 Å². The van der Waals surface area contributed by atoms with Crippen molar-refractivity contribution in [2.75, 3.05) is 37.2 Å². The van der Waals surface area contributed by atoms with E-state index < -0.39 is 47.4 Å². The number of anilines is 1. The normalized spacial score (nSPS) is 18.2. The van der Waals surface area contributed by atoms with Gasteiger partial charge in [-0.3, -0.25) is 19.3 Å². The van der Waals surface area contributed by atoms with E-state index in [0.717, 1.165) is 11.5 Å². The lowest BCUT2D eigenvalue weighted by molar-refractivity contribution is -0.173. The molecule has 0 radical (unpaired) electrons. The zero-order valence-corrected chi connectivity index (χ0v) is 26.9. The maximum absolute atomic E-state index is 13.5. The summed E-state index contributed by atoms with van der Waals surface area (Å²) in [6.07, 6.45) is 1.43. The molecule has 18 nitrogen and oxygen atoms in total. The van der Waals surface area contributed by atoms with Crippen LogP contribution >= 0.6 is 35.1 Å². The number of fused-ring (bicyclic) bond motifs is 1. The minimum Gasteiger partial charge on any atom is -0.427 e. The molecule has 4 rings (SSSR count). The number of carbonyl (C=O) groups is 4. The molecule has 2 aromatic rings. The number of thioether (sulfide) groups is 2. The monoisotopic (exact) mass is 681 g/mol. The van der Waals surface area contributed by atoms with Crippen LogP contribution in [-0.2, 0) is 40.0 Å². The Hall–Kier alpha value is -4.08. The third kappa shape index (κ3) is 7.96. The maximum Gasteiger partial charge on any atom is 0.357 e. The predicted molar refractivity (Wildman–Crippen MR) is 163 cm³/mol. The van der Waals surface area contributed by atoms with Crippen LogP contribution in [0.5, 0.6) is 0 Å². The van der Waals surface area contributed by atoms with Gasteiger partial charge >= 0.3 is 11.9 Å². The molecule has 4 heterocycles. The smallest absolute Gasteiger partial charge is 0.357 e. The highest BCUT2D eigenvalue weighted by Crippen LogP contribution is 2.42. The van der Waals surface area contributed by atoms with Crippen LogP contribution in [0.1, 0.15) is 26.6 Å². The first-order valence-electron chi connectivity index (χ1n) is 13.3. The summed E-state index contributed by atoms with van der Waals surface area (Å²) in [5.74, 6) is -2.36. The van der Waals surface area contributed by atoms with Crippen LogP contribution in [0.25, 0.3) is 0 Å². The number of tetrazole rings is 1. The summed E-state index contributed by atoms with van der Waals surface area (Å²) >= 11 is 3.43. The number of nitrogens with one attached hydrogen (secondary N) is 1. The van der Waals surface area contributed by atoms with Gasteiger partial charge in [0.15, 0.2) is 5.13 Å². The van der Waals surface area contributed by atoms with Crippen LogP contribution in [0.15, 0.2) is 34.2 Å². The topological polar surface area (TPSA) is 245 Å². The zero-order valence-electron chi connectivity index (χ0n) is 24.5. The third-order valence-electron chi connectivity index (χ3n) is 5.95. The number of oxime groups is 1. The number of carbonyl (C=O) groups excluding carboxylic acids is 4. The average Bonchev–Trinajstić information content (AvgIpc) is 3.64. The molecule has 2 amide bonds. The van der Waals surface area contributed by atoms with Gasteiger partial charge in [0.2, 0.25) is 23.5 Å². The lowest BCUT2D eigenvalue weighted by atomic mass is 9.98. The lowest BCUT2D eigenvalue weighted by Crippen LogP contribution is -2.71. The van der Waals surface area contributed by atoms with Crippen molar-refractivity contribution in [2.45, 2.75) is 43.9 Å². The molecule has 2 aliphatic heterocycles. The number of aromatic nitrogens is 6. The Labute approximate surface area is 269 Å². The van der Waals surface area contributed by atoms with E-state index in [-0.39, 0.29) is 34.7 Å². The van der Waals surface area contributed by atoms with Crippen LogP contribution in [-0.4, -0.2) is 107 Å². The Morgan fingerprint density at radius 1 is 1.29 bits per heavy atom. The van der Waals surface area contributed by atoms with Crippen LogP contribution in [0.2, 0.25) is 0 Å². The molecule has 2 aliphatic rings. The van der Waals surface area contributed by atoms with Crippen molar-refractivity contribution in [1.29, 1.82) is 0 Å². The molecular formula is C24H31N11O7S3. The van der Waals surface area contributed by atoms with Crippen molar-refractivity contribution in [3.63, 3.8) is 0 Å². The molecule has 0 aliphatic carbocycles. The molecule has 0 spiro atoms. The van der Waals surface area contributed by atoms with Gasteiger partial charge in [0.1, 0.15) is 23.7 Å². The van der Waals surface area contributed by atoms with Gasteiger partial charge in [0.25, 0.3) is 11.8 Å². The van der Waals surface area contributed by atoms with E-state index in [9.17, 15) is 19.2 Å². The summed E-state index contributed by atoms with van der Waals surface area (Å²) in [4.78, 5) is 62.6. The number of nitrogen functional groups attached to an aromatic ring is 1. The largest absolute Gasteiger partial charge is 0.427 e. The number of hydrogen-bond donors (Lipinski definition) is 3. The first-order valence-corrected chi connectivity index (χ1v) is 16.1. The Kier molecular flexibility index (Phi) is 11.1. The molecule has 0 saturated carbocycles. The fraction of sp³-hybridized carbons (Fsp3) is 0.500. The van der Waals surface area contributed by atoms with E-state index in [1.807, 2.05) is 0 Å². The van der Waals surface area contributed by atoms with Gasteiger partial charge in [-0.25, -0.2) is 9.48 Å². The fourth-order valence-corrected chi connectivity index (χ4v) is 6.62.